The summed E-state index contributed by atoms with van der Waals surface area (Å²) in [6.07, 6.45) is 5.08. The summed E-state index contributed by atoms with van der Waals surface area (Å²) < 4.78 is 26.8. The van der Waals surface area contributed by atoms with Gasteiger partial charge >= 0.3 is 0 Å². The molecule has 0 aromatic carbocycles. The SMILES string of the molecule is CNc1ccncc1S(=O)(=O)N(C)CC1CCN(C)CC1. The number of hydrogen-bond acceptors (Lipinski definition) is 5. The molecule has 1 aromatic heterocycles. The minimum atomic E-state index is -3.50. The Morgan fingerprint density at radius 2 is 2.10 bits per heavy atom. The first kappa shape index (κ1) is 16.2. The fraction of sp³-hybridized carbons (Fsp3) is 0.643. The predicted molar refractivity (Wildman–Crippen MR) is 83.8 cm³/mol. The maximum atomic E-state index is 12.7. The maximum Gasteiger partial charge on any atom is 0.246 e. The average Bonchev–Trinajstić information content (AvgIpc) is 2.49. The first-order valence-corrected chi connectivity index (χ1v) is 8.66. The zero-order valence-electron chi connectivity index (χ0n) is 12.9. The van der Waals surface area contributed by atoms with Gasteiger partial charge in [-0.2, -0.15) is 0 Å². The molecule has 2 rings (SSSR count). The van der Waals surface area contributed by atoms with Crippen LogP contribution in [0.4, 0.5) is 5.69 Å². The summed E-state index contributed by atoms with van der Waals surface area (Å²) in [5, 5.41) is 2.91. The molecule has 0 bridgehead atoms. The third kappa shape index (κ3) is 3.72. The molecule has 1 saturated heterocycles. The van der Waals surface area contributed by atoms with Crippen LogP contribution in [0.1, 0.15) is 12.8 Å². The first-order chi connectivity index (χ1) is 9.95. The van der Waals surface area contributed by atoms with Gasteiger partial charge in [-0.1, -0.05) is 0 Å². The lowest BCUT2D eigenvalue weighted by Crippen LogP contribution is -2.38. The Balaban J connectivity index is 2.11. The monoisotopic (exact) mass is 312 g/mol. The van der Waals surface area contributed by atoms with Gasteiger partial charge in [0, 0.05) is 33.0 Å². The highest BCUT2D eigenvalue weighted by Crippen LogP contribution is 2.24. The highest BCUT2D eigenvalue weighted by molar-refractivity contribution is 7.89. The van der Waals surface area contributed by atoms with Gasteiger partial charge in [0.05, 0.1) is 5.69 Å². The fourth-order valence-electron chi connectivity index (χ4n) is 2.67. The summed E-state index contributed by atoms with van der Waals surface area (Å²) >= 11 is 0. The van der Waals surface area contributed by atoms with E-state index in [4.69, 9.17) is 0 Å². The van der Waals surface area contributed by atoms with Crippen molar-refractivity contribution in [3.63, 3.8) is 0 Å². The van der Waals surface area contributed by atoms with Crippen LogP contribution in [0.2, 0.25) is 0 Å². The van der Waals surface area contributed by atoms with Gasteiger partial charge in [-0.3, -0.25) is 4.98 Å². The van der Waals surface area contributed by atoms with Crippen molar-refractivity contribution in [3.8, 4) is 0 Å². The number of aromatic nitrogens is 1. The number of hydrogen-bond donors (Lipinski definition) is 1. The molecule has 0 unspecified atom stereocenters. The standard InChI is InChI=1S/C14H24N4O2S/c1-15-13-4-7-16-10-14(13)21(19,20)18(3)11-12-5-8-17(2)9-6-12/h4,7,10,12H,5-6,8-9,11H2,1-3H3,(H,15,16). The summed E-state index contributed by atoms with van der Waals surface area (Å²) in [5.74, 6) is 0.427. The predicted octanol–water partition coefficient (Wildman–Crippen LogP) is 1.09. The van der Waals surface area contributed by atoms with Gasteiger partial charge in [0.25, 0.3) is 0 Å². The number of sulfonamides is 1. The molecular weight excluding hydrogens is 288 g/mol. The number of nitrogens with one attached hydrogen (secondary N) is 1. The van der Waals surface area contributed by atoms with Gasteiger partial charge in [0.15, 0.2) is 0 Å². The number of pyridine rings is 1. The number of likely N-dealkylation sites (tertiary alicyclic amines) is 1. The highest BCUT2D eigenvalue weighted by Gasteiger charge is 2.27. The van der Waals surface area contributed by atoms with E-state index in [9.17, 15) is 8.42 Å². The molecule has 0 amide bonds. The summed E-state index contributed by atoms with van der Waals surface area (Å²) in [4.78, 5) is 6.47. The first-order valence-electron chi connectivity index (χ1n) is 7.21. The topological polar surface area (TPSA) is 65.5 Å². The smallest absolute Gasteiger partial charge is 0.246 e. The molecule has 0 radical (unpaired) electrons. The van der Waals surface area contributed by atoms with E-state index in [0.717, 1.165) is 25.9 Å². The zero-order chi connectivity index (χ0) is 15.5. The molecule has 1 aromatic rings. The van der Waals surface area contributed by atoms with Crippen molar-refractivity contribution < 1.29 is 8.42 Å². The van der Waals surface area contributed by atoms with Crippen LogP contribution in [0.3, 0.4) is 0 Å². The van der Waals surface area contributed by atoms with Crippen molar-refractivity contribution in [2.24, 2.45) is 5.92 Å². The van der Waals surface area contributed by atoms with Gasteiger partial charge in [0.2, 0.25) is 10.0 Å². The van der Waals surface area contributed by atoms with E-state index in [0.29, 0.717) is 18.2 Å². The molecule has 6 nitrogen and oxygen atoms in total. The largest absolute Gasteiger partial charge is 0.387 e. The van der Waals surface area contributed by atoms with Gasteiger partial charge < -0.3 is 10.2 Å². The van der Waals surface area contributed by atoms with E-state index in [1.54, 1.807) is 26.4 Å². The second-order valence-electron chi connectivity index (χ2n) is 5.65. The Bertz CT molecular complexity index is 568. The molecule has 7 heteroatoms. The summed E-state index contributed by atoms with van der Waals surface area (Å²) in [6.45, 7) is 2.63. The normalized spacial score (nSPS) is 18.1. The van der Waals surface area contributed by atoms with Crippen LogP contribution in [-0.2, 0) is 10.0 Å². The molecule has 1 fully saturated rings. The lowest BCUT2D eigenvalue weighted by atomic mass is 9.97. The maximum absolute atomic E-state index is 12.7. The molecule has 2 heterocycles. The summed E-state index contributed by atoms with van der Waals surface area (Å²) in [6, 6.07) is 1.68. The Hall–Kier alpha value is -1.18. The van der Waals surface area contributed by atoms with Crippen molar-refractivity contribution in [3.05, 3.63) is 18.5 Å². The van der Waals surface area contributed by atoms with Crippen molar-refractivity contribution >= 4 is 15.7 Å². The van der Waals surface area contributed by atoms with Crippen LogP contribution in [0.25, 0.3) is 0 Å². The number of piperidine rings is 1. The average molecular weight is 312 g/mol. The zero-order valence-corrected chi connectivity index (χ0v) is 13.7. The molecular formula is C14H24N4O2S. The molecule has 0 spiro atoms. The van der Waals surface area contributed by atoms with Crippen LogP contribution in [0.15, 0.2) is 23.4 Å². The molecule has 21 heavy (non-hydrogen) atoms. The Kier molecular flexibility index (Phi) is 5.18. The van der Waals surface area contributed by atoms with Crippen LogP contribution in [-0.4, -0.2) is 63.4 Å². The quantitative estimate of drug-likeness (QED) is 0.881. The summed E-state index contributed by atoms with van der Waals surface area (Å²) in [5.41, 5.74) is 0.584. The van der Waals surface area contributed by atoms with E-state index >= 15 is 0 Å². The van der Waals surface area contributed by atoms with E-state index < -0.39 is 10.0 Å². The van der Waals surface area contributed by atoms with Crippen LogP contribution in [0, 0.1) is 5.92 Å². The minimum absolute atomic E-state index is 0.239. The molecule has 1 N–H and O–H groups in total. The second-order valence-corrected chi connectivity index (χ2v) is 7.67. The van der Waals surface area contributed by atoms with E-state index in [2.05, 4.69) is 22.2 Å². The van der Waals surface area contributed by atoms with Crippen LogP contribution >= 0.6 is 0 Å². The molecule has 118 valence electrons. The van der Waals surface area contributed by atoms with E-state index in [-0.39, 0.29) is 4.90 Å². The highest BCUT2D eigenvalue weighted by atomic mass is 32.2. The number of rotatable bonds is 5. The van der Waals surface area contributed by atoms with Crippen molar-refractivity contribution in [1.29, 1.82) is 0 Å². The molecule has 0 saturated carbocycles. The third-order valence-corrected chi connectivity index (χ3v) is 5.95. The Morgan fingerprint density at radius 1 is 1.43 bits per heavy atom. The van der Waals surface area contributed by atoms with Gasteiger partial charge in [-0.05, 0) is 45.0 Å². The fourth-order valence-corrected chi connectivity index (χ4v) is 4.05. The van der Waals surface area contributed by atoms with E-state index in [1.165, 1.54) is 10.5 Å². The van der Waals surface area contributed by atoms with Crippen molar-refractivity contribution in [1.82, 2.24) is 14.2 Å². The number of anilines is 1. The Morgan fingerprint density at radius 3 is 2.71 bits per heavy atom. The van der Waals surface area contributed by atoms with Crippen molar-refractivity contribution in [2.45, 2.75) is 17.7 Å². The summed E-state index contributed by atoms with van der Waals surface area (Å²) in [7, 11) is 1.97. The lowest BCUT2D eigenvalue weighted by Gasteiger charge is -2.31. The van der Waals surface area contributed by atoms with Gasteiger partial charge in [-0.15, -0.1) is 0 Å². The minimum Gasteiger partial charge on any atom is -0.387 e. The number of nitrogens with zero attached hydrogens (tertiary/aromatic N) is 3. The van der Waals surface area contributed by atoms with Crippen LogP contribution in [0.5, 0.6) is 0 Å². The van der Waals surface area contributed by atoms with Crippen LogP contribution < -0.4 is 5.32 Å². The third-order valence-electron chi connectivity index (χ3n) is 4.10. The van der Waals surface area contributed by atoms with Gasteiger partial charge in [-0.25, -0.2) is 12.7 Å². The Labute approximate surface area is 127 Å². The molecule has 1 aliphatic rings. The van der Waals surface area contributed by atoms with E-state index in [1.807, 2.05) is 0 Å². The lowest BCUT2D eigenvalue weighted by molar-refractivity contribution is 0.202. The molecule has 0 atom stereocenters. The molecule has 0 aliphatic carbocycles. The second kappa shape index (κ2) is 6.72. The van der Waals surface area contributed by atoms with Crippen molar-refractivity contribution in [2.75, 3.05) is 46.1 Å². The molecule has 1 aliphatic heterocycles. The van der Waals surface area contributed by atoms with Gasteiger partial charge in [0.1, 0.15) is 4.90 Å².